The molecule has 0 bridgehead atoms. The summed E-state index contributed by atoms with van der Waals surface area (Å²) in [4.78, 5) is 12.0. The van der Waals surface area contributed by atoms with Crippen LogP contribution in [0.2, 0.25) is 10.0 Å². The monoisotopic (exact) mass is 328 g/mol. The molecule has 2 rings (SSSR count). The number of carbonyl (C=O) groups is 1. The van der Waals surface area contributed by atoms with Crippen LogP contribution in [0.4, 0.5) is 5.69 Å². The zero-order valence-corrected chi connectivity index (χ0v) is 13.8. The lowest BCUT2D eigenvalue weighted by atomic mass is 9.84. The van der Waals surface area contributed by atoms with Gasteiger partial charge in [0.05, 0.1) is 22.3 Å². The fraction of sp³-hybridized carbons (Fsp3) is 0.562. The molecule has 1 fully saturated rings. The molecule has 0 aromatic heterocycles. The second-order valence-electron chi connectivity index (χ2n) is 5.66. The molecule has 0 spiro atoms. The SMILES string of the molecule is CCC1CCCC(NCC(=O)Nc2c(Cl)cccc2Cl)C1. The number of rotatable bonds is 5. The van der Waals surface area contributed by atoms with Crippen LogP contribution in [0.5, 0.6) is 0 Å². The van der Waals surface area contributed by atoms with E-state index in [9.17, 15) is 4.79 Å². The highest BCUT2D eigenvalue weighted by molar-refractivity contribution is 6.39. The van der Waals surface area contributed by atoms with Crippen molar-refractivity contribution >= 4 is 34.8 Å². The molecule has 0 radical (unpaired) electrons. The van der Waals surface area contributed by atoms with Gasteiger partial charge in [-0.25, -0.2) is 0 Å². The zero-order chi connectivity index (χ0) is 15.2. The van der Waals surface area contributed by atoms with Gasteiger partial charge in [0, 0.05) is 6.04 Å². The molecule has 0 heterocycles. The zero-order valence-electron chi connectivity index (χ0n) is 12.3. The Morgan fingerprint density at radius 2 is 2.00 bits per heavy atom. The first-order valence-corrected chi connectivity index (χ1v) is 8.33. The lowest BCUT2D eigenvalue weighted by Gasteiger charge is -2.29. The van der Waals surface area contributed by atoms with Gasteiger partial charge in [-0.15, -0.1) is 0 Å². The molecule has 21 heavy (non-hydrogen) atoms. The molecule has 1 aromatic carbocycles. The van der Waals surface area contributed by atoms with Crippen molar-refractivity contribution in [1.29, 1.82) is 0 Å². The van der Waals surface area contributed by atoms with Crippen molar-refractivity contribution in [3.63, 3.8) is 0 Å². The van der Waals surface area contributed by atoms with E-state index in [0.717, 1.165) is 18.8 Å². The Balaban J connectivity index is 1.82. The Morgan fingerprint density at radius 1 is 1.29 bits per heavy atom. The summed E-state index contributed by atoms with van der Waals surface area (Å²) in [6.45, 7) is 2.53. The van der Waals surface area contributed by atoms with Gasteiger partial charge in [0.2, 0.25) is 5.91 Å². The molecule has 2 atom stereocenters. The van der Waals surface area contributed by atoms with Gasteiger partial charge in [-0.2, -0.15) is 0 Å². The summed E-state index contributed by atoms with van der Waals surface area (Å²) in [5.74, 6) is 0.681. The van der Waals surface area contributed by atoms with Crippen LogP contribution in [0.3, 0.4) is 0 Å². The van der Waals surface area contributed by atoms with Crippen molar-refractivity contribution in [3.05, 3.63) is 28.2 Å². The molecule has 5 heteroatoms. The Hall–Kier alpha value is -0.770. The maximum Gasteiger partial charge on any atom is 0.238 e. The molecule has 116 valence electrons. The van der Waals surface area contributed by atoms with Crippen LogP contribution in [0.15, 0.2) is 18.2 Å². The molecule has 0 aliphatic heterocycles. The number of carbonyl (C=O) groups excluding carboxylic acids is 1. The predicted octanol–water partition coefficient (Wildman–Crippen LogP) is 4.49. The van der Waals surface area contributed by atoms with Gasteiger partial charge >= 0.3 is 0 Å². The number of anilines is 1. The number of para-hydroxylation sites is 1. The van der Waals surface area contributed by atoms with Crippen molar-refractivity contribution in [1.82, 2.24) is 5.32 Å². The third-order valence-corrected chi connectivity index (χ3v) is 4.77. The first-order chi connectivity index (χ1) is 10.1. The van der Waals surface area contributed by atoms with E-state index in [-0.39, 0.29) is 5.91 Å². The molecule has 2 unspecified atom stereocenters. The Morgan fingerprint density at radius 3 is 2.67 bits per heavy atom. The molecule has 1 aliphatic carbocycles. The number of hydrogen-bond acceptors (Lipinski definition) is 2. The largest absolute Gasteiger partial charge is 0.322 e. The quantitative estimate of drug-likeness (QED) is 0.836. The average molecular weight is 329 g/mol. The minimum absolute atomic E-state index is 0.108. The van der Waals surface area contributed by atoms with Gasteiger partial charge in [-0.3, -0.25) is 4.79 Å². The molecule has 2 N–H and O–H groups in total. The second kappa shape index (κ2) is 8.02. The minimum Gasteiger partial charge on any atom is -0.322 e. The standard InChI is InChI=1S/C16H22Cl2N2O/c1-2-11-5-3-6-12(9-11)19-10-15(21)20-16-13(17)7-4-8-14(16)18/h4,7-8,11-12,19H,2-3,5-6,9-10H2,1H3,(H,20,21). The van der Waals surface area contributed by atoms with Crippen LogP contribution in [-0.2, 0) is 4.79 Å². The van der Waals surface area contributed by atoms with Crippen LogP contribution in [0.1, 0.15) is 39.0 Å². The van der Waals surface area contributed by atoms with Crippen molar-refractivity contribution in [2.24, 2.45) is 5.92 Å². The van der Waals surface area contributed by atoms with Crippen LogP contribution < -0.4 is 10.6 Å². The molecule has 1 amide bonds. The minimum atomic E-state index is -0.108. The first kappa shape index (κ1) is 16.6. The highest BCUT2D eigenvalue weighted by Crippen LogP contribution is 2.30. The van der Waals surface area contributed by atoms with Crippen molar-refractivity contribution in [3.8, 4) is 0 Å². The average Bonchev–Trinajstić information content (AvgIpc) is 2.49. The summed E-state index contributed by atoms with van der Waals surface area (Å²) in [7, 11) is 0. The third-order valence-electron chi connectivity index (χ3n) is 4.14. The molecule has 1 aliphatic rings. The fourth-order valence-electron chi connectivity index (χ4n) is 2.89. The van der Waals surface area contributed by atoms with Gasteiger partial charge in [0.1, 0.15) is 0 Å². The summed E-state index contributed by atoms with van der Waals surface area (Å²) in [5, 5.41) is 7.04. The first-order valence-electron chi connectivity index (χ1n) is 7.57. The van der Waals surface area contributed by atoms with Crippen LogP contribution in [0.25, 0.3) is 0 Å². The molecule has 1 aromatic rings. The molecular formula is C16H22Cl2N2O. The summed E-state index contributed by atoms with van der Waals surface area (Å²) in [5.41, 5.74) is 0.489. The van der Waals surface area contributed by atoms with Crippen LogP contribution in [-0.4, -0.2) is 18.5 Å². The number of amides is 1. The highest BCUT2D eigenvalue weighted by Gasteiger charge is 2.21. The Labute approximate surface area is 136 Å². The van der Waals surface area contributed by atoms with E-state index in [1.807, 2.05) is 0 Å². The van der Waals surface area contributed by atoms with Crippen molar-refractivity contribution in [2.75, 3.05) is 11.9 Å². The third kappa shape index (κ3) is 4.87. The highest BCUT2D eigenvalue weighted by atomic mass is 35.5. The number of benzene rings is 1. The van der Waals surface area contributed by atoms with E-state index >= 15 is 0 Å². The van der Waals surface area contributed by atoms with E-state index in [2.05, 4.69) is 17.6 Å². The topological polar surface area (TPSA) is 41.1 Å². The van der Waals surface area contributed by atoms with Gasteiger partial charge in [-0.1, -0.05) is 55.5 Å². The van der Waals surface area contributed by atoms with Crippen LogP contribution >= 0.6 is 23.2 Å². The smallest absolute Gasteiger partial charge is 0.238 e. The van der Waals surface area contributed by atoms with E-state index in [0.29, 0.717) is 28.3 Å². The van der Waals surface area contributed by atoms with Gasteiger partial charge in [0.15, 0.2) is 0 Å². The van der Waals surface area contributed by atoms with Gasteiger partial charge < -0.3 is 10.6 Å². The molecular weight excluding hydrogens is 307 g/mol. The van der Waals surface area contributed by atoms with E-state index in [1.165, 1.54) is 19.3 Å². The Kier molecular flexibility index (Phi) is 6.34. The summed E-state index contributed by atoms with van der Waals surface area (Å²) < 4.78 is 0. The molecule has 3 nitrogen and oxygen atoms in total. The van der Waals surface area contributed by atoms with Crippen molar-refractivity contribution < 1.29 is 4.79 Å². The van der Waals surface area contributed by atoms with E-state index < -0.39 is 0 Å². The summed E-state index contributed by atoms with van der Waals surface area (Å²) in [6, 6.07) is 5.62. The molecule has 0 saturated heterocycles. The second-order valence-corrected chi connectivity index (χ2v) is 6.48. The Bertz CT molecular complexity index is 473. The maximum absolute atomic E-state index is 12.0. The van der Waals surface area contributed by atoms with E-state index in [1.54, 1.807) is 18.2 Å². The van der Waals surface area contributed by atoms with Crippen molar-refractivity contribution in [2.45, 2.75) is 45.1 Å². The number of nitrogens with one attached hydrogen (secondary N) is 2. The fourth-order valence-corrected chi connectivity index (χ4v) is 3.38. The lowest BCUT2D eigenvalue weighted by molar-refractivity contribution is -0.115. The van der Waals surface area contributed by atoms with Gasteiger partial charge in [0.25, 0.3) is 0 Å². The predicted molar refractivity (Wildman–Crippen MR) is 89.1 cm³/mol. The van der Waals surface area contributed by atoms with E-state index in [4.69, 9.17) is 23.2 Å². The normalized spacial score (nSPS) is 22.0. The van der Waals surface area contributed by atoms with Crippen LogP contribution in [0, 0.1) is 5.92 Å². The maximum atomic E-state index is 12.0. The number of halogens is 2. The van der Waals surface area contributed by atoms with Gasteiger partial charge in [-0.05, 0) is 30.9 Å². The summed E-state index contributed by atoms with van der Waals surface area (Å²) in [6.07, 6.45) is 6.09. The number of hydrogen-bond donors (Lipinski definition) is 2. The molecule has 1 saturated carbocycles. The summed E-state index contributed by atoms with van der Waals surface area (Å²) >= 11 is 12.1. The lowest BCUT2D eigenvalue weighted by Crippen LogP contribution is -2.39.